The monoisotopic (exact) mass is 371 g/mol. The number of alkyl carbamates (subject to hydrolysis) is 1. The van der Waals surface area contributed by atoms with Crippen LogP contribution in [0.4, 0.5) is 4.79 Å². The summed E-state index contributed by atoms with van der Waals surface area (Å²) in [6, 6.07) is 7.21. The number of aromatic nitrogens is 1. The summed E-state index contributed by atoms with van der Waals surface area (Å²) in [6.07, 6.45) is 1.08. The van der Waals surface area contributed by atoms with E-state index in [1.807, 2.05) is 32.0 Å². The lowest BCUT2D eigenvalue weighted by Gasteiger charge is -2.20. The second-order valence-corrected chi connectivity index (χ2v) is 6.60. The van der Waals surface area contributed by atoms with Crippen molar-refractivity contribution in [3.63, 3.8) is 0 Å². The highest BCUT2D eigenvalue weighted by atomic mass is 16.6. The summed E-state index contributed by atoms with van der Waals surface area (Å²) in [4.78, 5) is 28.2. The van der Waals surface area contributed by atoms with Crippen molar-refractivity contribution in [3.05, 3.63) is 48.2 Å². The summed E-state index contributed by atoms with van der Waals surface area (Å²) in [5.74, 6) is -0.179. The molecule has 0 aliphatic rings. The molecule has 2 amide bonds. The van der Waals surface area contributed by atoms with E-state index >= 15 is 0 Å². The van der Waals surface area contributed by atoms with Crippen molar-refractivity contribution < 1.29 is 14.3 Å². The molecule has 6 nitrogen and oxygen atoms in total. The summed E-state index contributed by atoms with van der Waals surface area (Å²) < 4.78 is 5.22. The van der Waals surface area contributed by atoms with E-state index in [0.717, 1.165) is 10.9 Å². The number of pyridine rings is 1. The van der Waals surface area contributed by atoms with E-state index in [9.17, 15) is 9.59 Å². The molecule has 0 spiro atoms. The zero-order chi connectivity index (χ0) is 20.6. The van der Waals surface area contributed by atoms with Crippen molar-refractivity contribution >= 4 is 28.5 Å². The van der Waals surface area contributed by atoms with Crippen LogP contribution in [-0.4, -0.2) is 36.2 Å². The number of nitrogens with zero attached hydrogens (tertiary/aromatic N) is 1. The van der Waals surface area contributed by atoms with Crippen LogP contribution in [-0.2, 0) is 4.74 Å². The fraction of sp³-hybridized carbons (Fsp3) is 0.381. The highest BCUT2D eigenvalue weighted by Gasteiger charge is 2.17. The fourth-order valence-electron chi connectivity index (χ4n) is 2.38. The molecule has 0 atom stereocenters. The molecule has 0 aliphatic heterocycles. The lowest BCUT2D eigenvalue weighted by Crippen LogP contribution is -2.33. The van der Waals surface area contributed by atoms with Gasteiger partial charge in [0.05, 0.1) is 11.1 Å². The molecule has 2 rings (SSSR count). The van der Waals surface area contributed by atoms with Crippen LogP contribution in [0.5, 0.6) is 0 Å². The number of benzene rings is 1. The number of para-hydroxylation sites is 1. The first-order valence-electron chi connectivity index (χ1n) is 8.97. The Balaban J connectivity index is 0.00000176. The Bertz CT molecular complexity index is 823. The highest BCUT2D eigenvalue weighted by molar-refractivity contribution is 6.07. The molecule has 1 aromatic carbocycles. The number of fused-ring (bicyclic) bond motifs is 1. The normalized spacial score (nSPS) is 10.4. The van der Waals surface area contributed by atoms with E-state index in [4.69, 9.17) is 4.74 Å². The van der Waals surface area contributed by atoms with Crippen molar-refractivity contribution in [1.29, 1.82) is 0 Å². The quantitative estimate of drug-likeness (QED) is 0.846. The van der Waals surface area contributed by atoms with E-state index < -0.39 is 11.7 Å². The van der Waals surface area contributed by atoms with E-state index in [0.29, 0.717) is 16.7 Å². The molecule has 6 heteroatoms. The predicted molar refractivity (Wildman–Crippen MR) is 110 cm³/mol. The zero-order valence-electron chi connectivity index (χ0n) is 17.0. The van der Waals surface area contributed by atoms with Crippen molar-refractivity contribution in [2.24, 2.45) is 0 Å². The van der Waals surface area contributed by atoms with Crippen LogP contribution in [0.2, 0.25) is 0 Å². The molecule has 0 radical (unpaired) electrons. The van der Waals surface area contributed by atoms with Crippen molar-refractivity contribution in [1.82, 2.24) is 15.6 Å². The van der Waals surface area contributed by atoms with Crippen LogP contribution >= 0.6 is 0 Å². The third-order valence-corrected chi connectivity index (χ3v) is 3.47. The third kappa shape index (κ3) is 6.09. The Kier molecular flexibility index (Phi) is 7.97. The molecule has 2 N–H and O–H groups in total. The lowest BCUT2D eigenvalue weighted by atomic mass is 10.00. The zero-order valence-corrected chi connectivity index (χ0v) is 17.0. The predicted octanol–water partition coefficient (Wildman–Crippen LogP) is 4.16. The summed E-state index contributed by atoms with van der Waals surface area (Å²) in [6.45, 7) is 13.7. The molecule has 0 saturated carbocycles. The van der Waals surface area contributed by atoms with Gasteiger partial charge in [-0.25, -0.2) is 4.79 Å². The second-order valence-electron chi connectivity index (χ2n) is 6.60. The minimum atomic E-state index is -0.561. The molecule has 0 fully saturated rings. The number of hydrogen-bond donors (Lipinski definition) is 2. The van der Waals surface area contributed by atoms with Gasteiger partial charge in [0, 0.05) is 30.7 Å². The van der Waals surface area contributed by atoms with Gasteiger partial charge < -0.3 is 15.4 Å². The second kappa shape index (κ2) is 9.71. The molecule has 0 saturated heterocycles. The minimum absolute atomic E-state index is 0.179. The standard InChI is InChI=1S/C19H23N3O3.C2H6/c1-12(11-22-18(24)25-19(2,3)4)13-7-6-8-14-15(17(23)20-5)9-10-21-16(13)14;1-2/h6-10H,1,11H2,2-5H3,(H,20,23)(H,22,24);1-2H3. The molecular weight excluding hydrogens is 342 g/mol. The van der Waals surface area contributed by atoms with E-state index in [1.165, 1.54) is 0 Å². The van der Waals surface area contributed by atoms with Gasteiger partial charge in [0.15, 0.2) is 0 Å². The van der Waals surface area contributed by atoms with Gasteiger partial charge in [-0.1, -0.05) is 38.6 Å². The highest BCUT2D eigenvalue weighted by Crippen LogP contribution is 2.24. The Hall–Kier alpha value is -2.89. The number of carbonyl (C=O) groups is 2. The molecule has 1 aromatic heterocycles. The molecule has 146 valence electrons. The van der Waals surface area contributed by atoms with Gasteiger partial charge >= 0.3 is 6.09 Å². The van der Waals surface area contributed by atoms with Crippen LogP contribution < -0.4 is 10.6 Å². The van der Waals surface area contributed by atoms with Gasteiger partial charge in [0.25, 0.3) is 5.91 Å². The summed E-state index contributed by atoms with van der Waals surface area (Å²) in [5.41, 5.74) is 2.11. The summed E-state index contributed by atoms with van der Waals surface area (Å²) in [5, 5.41) is 6.04. The average Bonchev–Trinajstić information content (AvgIpc) is 2.64. The minimum Gasteiger partial charge on any atom is -0.444 e. The lowest BCUT2D eigenvalue weighted by molar-refractivity contribution is 0.0535. The Morgan fingerprint density at radius 1 is 1.15 bits per heavy atom. The van der Waals surface area contributed by atoms with Crippen LogP contribution in [0, 0.1) is 0 Å². The van der Waals surface area contributed by atoms with Crippen molar-refractivity contribution in [2.45, 2.75) is 40.2 Å². The molecule has 27 heavy (non-hydrogen) atoms. The number of amides is 2. The van der Waals surface area contributed by atoms with Crippen molar-refractivity contribution in [2.75, 3.05) is 13.6 Å². The molecular formula is C21H29N3O3. The number of hydrogen-bond acceptors (Lipinski definition) is 4. The number of carbonyl (C=O) groups excluding carboxylic acids is 2. The largest absolute Gasteiger partial charge is 0.444 e. The maximum atomic E-state index is 12.0. The first kappa shape index (κ1) is 22.2. The van der Waals surface area contributed by atoms with Crippen LogP contribution in [0.15, 0.2) is 37.0 Å². The van der Waals surface area contributed by atoms with Gasteiger partial charge in [-0.15, -0.1) is 0 Å². The number of rotatable bonds is 4. The Morgan fingerprint density at radius 2 is 1.81 bits per heavy atom. The Morgan fingerprint density at radius 3 is 2.41 bits per heavy atom. The van der Waals surface area contributed by atoms with E-state index in [-0.39, 0.29) is 12.5 Å². The summed E-state index contributed by atoms with van der Waals surface area (Å²) >= 11 is 0. The number of nitrogens with one attached hydrogen (secondary N) is 2. The van der Waals surface area contributed by atoms with Gasteiger partial charge in [-0.2, -0.15) is 0 Å². The smallest absolute Gasteiger partial charge is 0.407 e. The number of ether oxygens (including phenoxy) is 1. The maximum Gasteiger partial charge on any atom is 0.407 e. The maximum absolute atomic E-state index is 12.0. The molecule has 2 aromatic rings. The van der Waals surface area contributed by atoms with Crippen LogP contribution in [0.1, 0.15) is 50.5 Å². The van der Waals surface area contributed by atoms with Crippen LogP contribution in [0.25, 0.3) is 16.5 Å². The van der Waals surface area contributed by atoms with E-state index in [2.05, 4.69) is 22.2 Å². The molecule has 1 heterocycles. The van der Waals surface area contributed by atoms with Gasteiger partial charge in [-0.05, 0) is 32.4 Å². The van der Waals surface area contributed by atoms with Gasteiger partial charge in [-0.3, -0.25) is 9.78 Å². The SMILES string of the molecule is C=C(CNC(=O)OC(C)(C)C)c1cccc2c(C(=O)NC)ccnc12.CC. The first-order valence-corrected chi connectivity index (χ1v) is 8.97. The molecule has 0 bridgehead atoms. The summed E-state index contributed by atoms with van der Waals surface area (Å²) in [7, 11) is 1.59. The van der Waals surface area contributed by atoms with Crippen LogP contribution in [0.3, 0.4) is 0 Å². The Labute approximate surface area is 161 Å². The van der Waals surface area contributed by atoms with Gasteiger partial charge in [0.1, 0.15) is 5.60 Å². The van der Waals surface area contributed by atoms with E-state index in [1.54, 1.807) is 40.1 Å². The topological polar surface area (TPSA) is 80.3 Å². The average molecular weight is 371 g/mol. The van der Waals surface area contributed by atoms with Gasteiger partial charge in [0.2, 0.25) is 0 Å². The molecule has 0 unspecified atom stereocenters. The molecule has 0 aliphatic carbocycles. The first-order chi connectivity index (χ1) is 12.7. The third-order valence-electron chi connectivity index (χ3n) is 3.47. The fourth-order valence-corrected chi connectivity index (χ4v) is 2.38. The van der Waals surface area contributed by atoms with Crippen molar-refractivity contribution in [3.8, 4) is 0 Å².